The molecule has 0 aliphatic heterocycles. The Labute approximate surface area is 153 Å². The van der Waals surface area contributed by atoms with Crippen molar-refractivity contribution in [3.63, 3.8) is 0 Å². The van der Waals surface area contributed by atoms with Crippen molar-refractivity contribution in [2.24, 2.45) is 0 Å². The van der Waals surface area contributed by atoms with Crippen molar-refractivity contribution >= 4 is 12.0 Å². The zero-order valence-electron chi connectivity index (χ0n) is 15.3. The first kappa shape index (κ1) is 19.1. The number of carbonyl (C=O) groups is 1. The molecule has 0 atom stereocenters. The van der Waals surface area contributed by atoms with Gasteiger partial charge in [0, 0.05) is 0 Å². The average molecular weight is 351 g/mol. The van der Waals surface area contributed by atoms with Crippen LogP contribution >= 0.6 is 0 Å². The van der Waals surface area contributed by atoms with Crippen molar-refractivity contribution in [1.82, 2.24) is 0 Å². The molecular formula is C21H21NO4. The van der Waals surface area contributed by atoms with Crippen LogP contribution in [0.3, 0.4) is 0 Å². The van der Waals surface area contributed by atoms with E-state index in [1.807, 2.05) is 56.3 Å². The highest BCUT2D eigenvalue weighted by molar-refractivity contribution is 5.98. The maximum atomic E-state index is 11.6. The second kappa shape index (κ2) is 8.72. The molecule has 26 heavy (non-hydrogen) atoms. The molecule has 0 aromatic heterocycles. The van der Waals surface area contributed by atoms with Crippen LogP contribution in [0.5, 0.6) is 11.5 Å². The Morgan fingerprint density at radius 1 is 1.12 bits per heavy atom. The highest BCUT2D eigenvalue weighted by Gasteiger charge is 2.12. The lowest BCUT2D eigenvalue weighted by Gasteiger charge is -2.13. The van der Waals surface area contributed by atoms with Crippen molar-refractivity contribution in [3.8, 4) is 17.6 Å². The van der Waals surface area contributed by atoms with Gasteiger partial charge in [0.05, 0.1) is 14.2 Å². The number of hydrogen-bond acceptors (Lipinski definition) is 5. The molecule has 2 aromatic carbocycles. The van der Waals surface area contributed by atoms with Gasteiger partial charge in [-0.15, -0.1) is 0 Å². The third-order valence-corrected chi connectivity index (χ3v) is 3.98. The predicted molar refractivity (Wildman–Crippen MR) is 98.8 cm³/mol. The second-order valence-corrected chi connectivity index (χ2v) is 5.76. The molecule has 0 saturated carbocycles. The van der Waals surface area contributed by atoms with Crippen LogP contribution in [0.25, 0.3) is 6.08 Å². The molecule has 2 rings (SSSR count). The largest absolute Gasteiger partial charge is 0.497 e. The number of carbonyl (C=O) groups excluding carboxylic acids is 1. The van der Waals surface area contributed by atoms with Gasteiger partial charge in [-0.3, -0.25) is 0 Å². The fourth-order valence-corrected chi connectivity index (χ4v) is 2.50. The lowest BCUT2D eigenvalue weighted by molar-refractivity contribution is -0.135. The highest BCUT2D eigenvalue weighted by Crippen LogP contribution is 2.23. The summed E-state index contributed by atoms with van der Waals surface area (Å²) in [5.74, 6) is 0.851. The van der Waals surface area contributed by atoms with Crippen LogP contribution in [0, 0.1) is 25.2 Å². The van der Waals surface area contributed by atoms with Gasteiger partial charge in [-0.25, -0.2) is 4.79 Å². The number of benzene rings is 2. The van der Waals surface area contributed by atoms with Crippen molar-refractivity contribution < 1.29 is 19.0 Å². The van der Waals surface area contributed by atoms with Gasteiger partial charge in [0.1, 0.15) is 29.7 Å². The molecule has 5 nitrogen and oxygen atoms in total. The van der Waals surface area contributed by atoms with Crippen molar-refractivity contribution in [1.29, 1.82) is 5.26 Å². The van der Waals surface area contributed by atoms with Crippen LogP contribution in [-0.4, -0.2) is 20.2 Å². The Kier molecular flexibility index (Phi) is 6.40. The van der Waals surface area contributed by atoms with E-state index in [1.165, 1.54) is 7.11 Å². The number of aryl methyl sites for hydroxylation is 1. The Bertz CT molecular complexity index is 861. The van der Waals surface area contributed by atoms with E-state index in [0.29, 0.717) is 6.61 Å². The van der Waals surface area contributed by atoms with Crippen LogP contribution < -0.4 is 9.47 Å². The Morgan fingerprint density at radius 3 is 2.35 bits per heavy atom. The molecule has 134 valence electrons. The topological polar surface area (TPSA) is 68.6 Å². The van der Waals surface area contributed by atoms with E-state index in [2.05, 4.69) is 4.74 Å². The molecular weight excluding hydrogens is 330 g/mol. The zero-order valence-corrected chi connectivity index (χ0v) is 15.3. The molecule has 0 aliphatic rings. The normalized spacial score (nSPS) is 10.8. The summed E-state index contributed by atoms with van der Waals surface area (Å²) in [6.45, 7) is 4.27. The van der Waals surface area contributed by atoms with Crippen LogP contribution in [0.15, 0.2) is 42.0 Å². The Balaban J connectivity index is 2.27. The number of esters is 1. The van der Waals surface area contributed by atoms with E-state index in [0.717, 1.165) is 33.8 Å². The summed E-state index contributed by atoms with van der Waals surface area (Å²) in [5, 5.41) is 9.16. The standard InChI is InChI=1S/C21H21NO4/c1-14-9-16(11-17(12-22)21(23)25-4)15(2)18(10-14)13-26-20-7-5-19(24-3)6-8-20/h5-11H,13H2,1-4H3. The summed E-state index contributed by atoms with van der Waals surface area (Å²) < 4.78 is 15.6. The van der Waals surface area contributed by atoms with Crippen molar-refractivity contribution in [3.05, 3.63) is 64.2 Å². The molecule has 0 spiro atoms. The van der Waals surface area contributed by atoms with Crippen LogP contribution in [0.1, 0.15) is 22.3 Å². The third-order valence-electron chi connectivity index (χ3n) is 3.98. The summed E-state index contributed by atoms with van der Waals surface area (Å²) >= 11 is 0. The lowest BCUT2D eigenvalue weighted by atomic mass is 9.98. The summed E-state index contributed by atoms with van der Waals surface area (Å²) in [6.07, 6.45) is 1.55. The first-order valence-electron chi connectivity index (χ1n) is 8.05. The maximum absolute atomic E-state index is 11.6. The molecule has 0 unspecified atom stereocenters. The zero-order chi connectivity index (χ0) is 19.1. The minimum atomic E-state index is -0.649. The average Bonchev–Trinajstić information content (AvgIpc) is 2.66. The quantitative estimate of drug-likeness (QED) is 0.447. The highest BCUT2D eigenvalue weighted by atomic mass is 16.5. The van der Waals surface area contributed by atoms with Crippen LogP contribution in [-0.2, 0) is 16.1 Å². The molecule has 0 N–H and O–H groups in total. The minimum Gasteiger partial charge on any atom is -0.497 e. The molecule has 0 radical (unpaired) electrons. The minimum absolute atomic E-state index is 0.0387. The molecule has 2 aromatic rings. The Morgan fingerprint density at radius 2 is 1.77 bits per heavy atom. The van der Waals surface area contributed by atoms with Crippen molar-refractivity contribution in [2.75, 3.05) is 14.2 Å². The number of nitrogens with zero attached hydrogens (tertiary/aromatic N) is 1. The first-order valence-corrected chi connectivity index (χ1v) is 8.05. The van der Waals surface area contributed by atoms with Gasteiger partial charge in [0.25, 0.3) is 0 Å². The summed E-state index contributed by atoms with van der Waals surface area (Å²) in [4.78, 5) is 11.6. The van der Waals surface area contributed by atoms with Crippen molar-refractivity contribution in [2.45, 2.75) is 20.5 Å². The lowest BCUT2D eigenvalue weighted by Crippen LogP contribution is -2.04. The van der Waals surface area contributed by atoms with Gasteiger partial charge in [0.15, 0.2) is 0 Å². The molecule has 0 fully saturated rings. The fourth-order valence-electron chi connectivity index (χ4n) is 2.50. The molecule has 0 heterocycles. The van der Waals surface area contributed by atoms with E-state index in [-0.39, 0.29) is 5.57 Å². The molecule has 0 aliphatic carbocycles. The van der Waals surface area contributed by atoms with Crippen LogP contribution in [0.4, 0.5) is 0 Å². The van der Waals surface area contributed by atoms with Gasteiger partial charge in [-0.2, -0.15) is 5.26 Å². The first-order chi connectivity index (χ1) is 12.5. The van der Waals surface area contributed by atoms with E-state index in [4.69, 9.17) is 14.7 Å². The fraction of sp³-hybridized carbons (Fsp3) is 0.238. The van der Waals surface area contributed by atoms with E-state index < -0.39 is 5.97 Å². The monoisotopic (exact) mass is 351 g/mol. The maximum Gasteiger partial charge on any atom is 0.348 e. The number of rotatable bonds is 6. The van der Waals surface area contributed by atoms with Crippen LogP contribution in [0.2, 0.25) is 0 Å². The summed E-state index contributed by atoms with van der Waals surface area (Å²) in [5.41, 5.74) is 3.69. The molecule has 0 amide bonds. The molecule has 0 bridgehead atoms. The number of methoxy groups -OCH3 is 2. The van der Waals surface area contributed by atoms with Gasteiger partial charge in [-0.05, 0) is 60.9 Å². The number of ether oxygens (including phenoxy) is 3. The van der Waals surface area contributed by atoms with Gasteiger partial charge >= 0.3 is 5.97 Å². The SMILES string of the molecule is COC(=O)C(C#N)=Cc1cc(C)cc(COc2ccc(OC)cc2)c1C. The van der Waals surface area contributed by atoms with E-state index in [1.54, 1.807) is 13.2 Å². The molecule has 0 saturated heterocycles. The summed E-state index contributed by atoms with van der Waals surface area (Å²) in [7, 11) is 2.87. The Hall–Kier alpha value is -3.26. The van der Waals surface area contributed by atoms with Gasteiger partial charge < -0.3 is 14.2 Å². The molecule has 5 heteroatoms. The smallest absolute Gasteiger partial charge is 0.348 e. The number of nitriles is 1. The van der Waals surface area contributed by atoms with Gasteiger partial charge in [-0.1, -0.05) is 17.7 Å². The number of hydrogen-bond donors (Lipinski definition) is 0. The van der Waals surface area contributed by atoms with E-state index in [9.17, 15) is 4.79 Å². The third kappa shape index (κ3) is 4.64. The van der Waals surface area contributed by atoms with E-state index >= 15 is 0 Å². The summed E-state index contributed by atoms with van der Waals surface area (Å²) in [6, 6.07) is 13.2. The predicted octanol–water partition coefficient (Wildman–Crippen LogP) is 3.97. The van der Waals surface area contributed by atoms with Gasteiger partial charge in [0.2, 0.25) is 0 Å². The second-order valence-electron chi connectivity index (χ2n) is 5.76.